The number of halogens is 2. The molecule has 0 aliphatic carbocycles. The molecule has 0 aliphatic rings. The third-order valence-electron chi connectivity index (χ3n) is 3.22. The Morgan fingerprint density at radius 3 is 2.65 bits per heavy atom. The number of benzene rings is 1. The molecule has 1 aromatic heterocycles. The Balaban J connectivity index is 2.34. The fourth-order valence-electron chi connectivity index (χ4n) is 2.08. The van der Waals surface area contributed by atoms with Crippen molar-refractivity contribution < 1.29 is 18.3 Å². The zero-order valence-corrected chi connectivity index (χ0v) is 13.4. The van der Waals surface area contributed by atoms with Crippen LogP contribution in [0.25, 0.3) is 11.3 Å². The molecule has 0 saturated heterocycles. The van der Waals surface area contributed by atoms with Crippen molar-refractivity contribution >= 4 is 17.1 Å². The summed E-state index contributed by atoms with van der Waals surface area (Å²) in [5.74, 6) is -3.04. The molecule has 0 amide bonds. The minimum absolute atomic E-state index is 0.0673. The van der Waals surface area contributed by atoms with Crippen molar-refractivity contribution in [1.29, 1.82) is 5.26 Å². The van der Waals surface area contributed by atoms with Gasteiger partial charge in [0.15, 0.2) is 11.7 Å². The molecule has 7 heteroatoms. The van der Waals surface area contributed by atoms with Crippen LogP contribution in [0.4, 0.5) is 8.78 Å². The number of nitriles is 1. The van der Waals surface area contributed by atoms with E-state index in [2.05, 4.69) is 4.98 Å². The molecule has 23 heavy (non-hydrogen) atoms. The standard InChI is InChI=1S/C16H14F2N2O2S/c1-3-22-9(2)15(21)10(7-19)16-20-13(8-23-16)14-11(17)5-4-6-12(14)18/h4-6,8-10H,3H2,1-2H3/t9-,10+/m1/s1. The van der Waals surface area contributed by atoms with Crippen molar-refractivity contribution in [3.63, 3.8) is 0 Å². The number of hydrogen-bond acceptors (Lipinski definition) is 5. The topological polar surface area (TPSA) is 63.0 Å². The first-order valence-electron chi connectivity index (χ1n) is 6.94. The molecule has 0 fully saturated rings. The summed E-state index contributed by atoms with van der Waals surface area (Å²) in [6.07, 6.45) is -0.748. The maximum atomic E-state index is 13.8. The number of Topliss-reactive ketones (excluding diaryl/α,β-unsaturated/α-hetero) is 1. The molecular formula is C16H14F2N2O2S. The van der Waals surface area contributed by atoms with Gasteiger partial charge in [-0.1, -0.05) is 6.07 Å². The lowest BCUT2D eigenvalue weighted by atomic mass is 10.0. The maximum absolute atomic E-state index is 13.8. The van der Waals surface area contributed by atoms with Crippen LogP contribution in [0, 0.1) is 23.0 Å². The van der Waals surface area contributed by atoms with E-state index in [0.29, 0.717) is 6.61 Å². The van der Waals surface area contributed by atoms with Crippen LogP contribution in [-0.4, -0.2) is 23.5 Å². The number of ether oxygens (including phenoxy) is 1. The largest absolute Gasteiger partial charge is 0.371 e. The Kier molecular flexibility index (Phi) is 5.53. The predicted molar refractivity (Wildman–Crippen MR) is 81.9 cm³/mol. The molecule has 0 saturated carbocycles. The Morgan fingerprint density at radius 2 is 2.09 bits per heavy atom. The van der Waals surface area contributed by atoms with E-state index in [4.69, 9.17) is 4.74 Å². The molecular weight excluding hydrogens is 322 g/mol. The first-order valence-corrected chi connectivity index (χ1v) is 7.82. The number of carbonyl (C=O) groups excluding carboxylic acids is 1. The van der Waals surface area contributed by atoms with E-state index in [1.165, 1.54) is 11.4 Å². The number of ketones is 1. The van der Waals surface area contributed by atoms with Crippen molar-refractivity contribution in [3.8, 4) is 17.3 Å². The molecule has 0 spiro atoms. The van der Waals surface area contributed by atoms with Gasteiger partial charge in [-0.15, -0.1) is 11.3 Å². The second kappa shape index (κ2) is 7.40. The average Bonchev–Trinajstić information content (AvgIpc) is 2.97. The van der Waals surface area contributed by atoms with E-state index in [1.807, 2.05) is 6.07 Å². The van der Waals surface area contributed by atoms with Gasteiger partial charge in [-0.05, 0) is 26.0 Å². The van der Waals surface area contributed by atoms with Crippen LogP contribution in [0.5, 0.6) is 0 Å². The number of rotatable bonds is 6. The highest BCUT2D eigenvalue weighted by Crippen LogP contribution is 2.30. The summed E-state index contributed by atoms with van der Waals surface area (Å²) in [6.45, 7) is 3.64. The van der Waals surface area contributed by atoms with Crippen molar-refractivity contribution in [3.05, 3.63) is 40.2 Å². The average molecular weight is 336 g/mol. The monoisotopic (exact) mass is 336 g/mol. The number of nitrogens with zero attached hydrogens (tertiary/aromatic N) is 2. The van der Waals surface area contributed by atoms with Crippen molar-refractivity contribution in [2.24, 2.45) is 0 Å². The highest BCUT2D eigenvalue weighted by atomic mass is 32.1. The minimum atomic E-state index is -1.12. The van der Waals surface area contributed by atoms with E-state index in [9.17, 15) is 18.8 Å². The van der Waals surface area contributed by atoms with Gasteiger partial charge in [0.25, 0.3) is 0 Å². The van der Waals surface area contributed by atoms with Gasteiger partial charge in [-0.25, -0.2) is 13.8 Å². The van der Waals surface area contributed by atoms with Gasteiger partial charge in [0.05, 0.1) is 17.3 Å². The van der Waals surface area contributed by atoms with E-state index >= 15 is 0 Å². The van der Waals surface area contributed by atoms with Crippen LogP contribution in [0.2, 0.25) is 0 Å². The number of thiazole rings is 1. The van der Waals surface area contributed by atoms with Crippen LogP contribution in [0.15, 0.2) is 23.6 Å². The highest BCUT2D eigenvalue weighted by molar-refractivity contribution is 7.10. The van der Waals surface area contributed by atoms with Crippen LogP contribution >= 0.6 is 11.3 Å². The van der Waals surface area contributed by atoms with Gasteiger partial charge in [-0.3, -0.25) is 4.79 Å². The Hall–Kier alpha value is -2.17. The van der Waals surface area contributed by atoms with Gasteiger partial charge in [0.1, 0.15) is 22.7 Å². The maximum Gasteiger partial charge on any atom is 0.185 e. The second-order valence-electron chi connectivity index (χ2n) is 4.73. The molecule has 120 valence electrons. The third-order valence-corrected chi connectivity index (χ3v) is 4.13. The summed E-state index contributed by atoms with van der Waals surface area (Å²) in [4.78, 5) is 16.3. The zero-order chi connectivity index (χ0) is 17.0. The lowest BCUT2D eigenvalue weighted by molar-refractivity contribution is -0.129. The van der Waals surface area contributed by atoms with Gasteiger partial charge in [-0.2, -0.15) is 5.26 Å². The fourth-order valence-corrected chi connectivity index (χ4v) is 2.94. The first-order chi connectivity index (χ1) is 11.0. The summed E-state index contributed by atoms with van der Waals surface area (Å²) in [6, 6.07) is 5.39. The van der Waals surface area contributed by atoms with E-state index in [1.54, 1.807) is 13.8 Å². The molecule has 0 unspecified atom stereocenters. The predicted octanol–water partition coefficient (Wildman–Crippen LogP) is 3.69. The normalized spacial score (nSPS) is 13.3. The minimum Gasteiger partial charge on any atom is -0.371 e. The van der Waals surface area contributed by atoms with Crippen molar-refractivity contribution in [2.75, 3.05) is 6.61 Å². The highest BCUT2D eigenvalue weighted by Gasteiger charge is 2.29. The fraction of sp³-hybridized carbons (Fsp3) is 0.312. The summed E-state index contributed by atoms with van der Waals surface area (Å²) >= 11 is 1.01. The van der Waals surface area contributed by atoms with Crippen molar-refractivity contribution in [1.82, 2.24) is 4.98 Å². The van der Waals surface area contributed by atoms with Gasteiger partial charge in [0, 0.05) is 12.0 Å². The lowest BCUT2D eigenvalue weighted by Crippen LogP contribution is -2.26. The van der Waals surface area contributed by atoms with Crippen LogP contribution in [0.1, 0.15) is 24.8 Å². The lowest BCUT2D eigenvalue weighted by Gasteiger charge is -2.12. The molecule has 2 atom stereocenters. The van der Waals surface area contributed by atoms with E-state index in [-0.39, 0.29) is 16.3 Å². The van der Waals surface area contributed by atoms with Gasteiger partial charge < -0.3 is 4.74 Å². The van der Waals surface area contributed by atoms with E-state index in [0.717, 1.165) is 23.5 Å². The number of hydrogen-bond donors (Lipinski definition) is 0. The number of carbonyl (C=O) groups is 1. The Bertz CT molecular complexity index is 735. The van der Waals surface area contributed by atoms with E-state index < -0.39 is 29.4 Å². The quantitative estimate of drug-likeness (QED) is 0.807. The summed E-state index contributed by atoms with van der Waals surface area (Å²) < 4.78 is 32.8. The summed E-state index contributed by atoms with van der Waals surface area (Å²) in [5, 5.41) is 10.9. The molecule has 4 nitrogen and oxygen atoms in total. The zero-order valence-electron chi connectivity index (χ0n) is 12.5. The van der Waals surface area contributed by atoms with Gasteiger partial charge >= 0.3 is 0 Å². The Morgan fingerprint density at radius 1 is 1.43 bits per heavy atom. The summed E-state index contributed by atoms with van der Waals surface area (Å²) in [7, 11) is 0. The second-order valence-corrected chi connectivity index (χ2v) is 5.62. The molecule has 2 rings (SSSR count). The van der Waals surface area contributed by atoms with Crippen molar-refractivity contribution in [2.45, 2.75) is 25.9 Å². The van der Waals surface area contributed by atoms with Crippen LogP contribution < -0.4 is 0 Å². The number of aromatic nitrogens is 1. The van der Waals surface area contributed by atoms with Crippen LogP contribution in [-0.2, 0) is 9.53 Å². The van der Waals surface area contributed by atoms with Gasteiger partial charge in [0.2, 0.25) is 0 Å². The SMILES string of the molecule is CCO[C@H](C)C(=O)[C@H](C#N)c1nc(-c2c(F)cccc2F)cs1. The molecule has 1 aromatic carbocycles. The smallest absolute Gasteiger partial charge is 0.185 e. The molecule has 1 heterocycles. The molecule has 0 aliphatic heterocycles. The van der Waals surface area contributed by atoms with Crippen LogP contribution in [0.3, 0.4) is 0 Å². The first kappa shape index (κ1) is 17.2. The molecule has 0 N–H and O–H groups in total. The molecule has 0 radical (unpaired) electrons. The Labute approximate surface area is 136 Å². The summed E-state index contributed by atoms with van der Waals surface area (Å²) in [5.41, 5.74) is -0.199. The molecule has 0 bridgehead atoms. The third kappa shape index (κ3) is 3.60. The molecule has 2 aromatic rings.